The summed E-state index contributed by atoms with van der Waals surface area (Å²) in [5.74, 6) is 1.14. The molecule has 1 saturated carbocycles. The largest absolute Gasteiger partial charge is 0.465 e. The Balaban J connectivity index is 1.54. The van der Waals surface area contributed by atoms with E-state index in [-0.39, 0.29) is 18.0 Å². The monoisotopic (exact) mass is 374 g/mol. The topological polar surface area (TPSA) is 104 Å². The van der Waals surface area contributed by atoms with Gasteiger partial charge in [-0.05, 0) is 50.0 Å². The molecular formula is C18H22N4O3S. The molecule has 0 radical (unpaired) electrons. The van der Waals surface area contributed by atoms with Crippen molar-refractivity contribution in [2.45, 2.75) is 62.9 Å². The number of aryl methyl sites for hydroxylation is 1. The number of aldehydes is 1. The summed E-state index contributed by atoms with van der Waals surface area (Å²) in [6, 6.07) is 0.319. The smallest absolute Gasteiger partial charge is 0.404 e. The molecule has 2 aliphatic rings. The van der Waals surface area contributed by atoms with Crippen molar-refractivity contribution >= 4 is 39.8 Å². The Morgan fingerprint density at radius 1 is 1.23 bits per heavy atom. The predicted molar refractivity (Wildman–Crippen MR) is 100.0 cm³/mol. The zero-order valence-corrected chi connectivity index (χ0v) is 15.2. The zero-order chi connectivity index (χ0) is 18.1. The van der Waals surface area contributed by atoms with Gasteiger partial charge in [0.15, 0.2) is 0 Å². The van der Waals surface area contributed by atoms with Crippen LogP contribution in [0.5, 0.6) is 0 Å². The van der Waals surface area contributed by atoms with Crippen LogP contribution >= 0.6 is 11.3 Å². The first kappa shape index (κ1) is 17.2. The predicted octanol–water partition coefficient (Wildman–Crippen LogP) is 3.30. The summed E-state index contributed by atoms with van der Waals surface area (Å²) in [6.07, 6.45) is 7.71. The molecule has 7 nitrogen and oxygen atoms in total. The number of carboxylic acid groups (broad SMARTS) is 1. The highest BCUT2D eigenvalue weighted by Crippen LogP contribution is 2.46. The van der Waals surface area contributed by atoms with Gasteiger partial charge in [0.1, 0.15) is 23.3 Å². The molecule has 0 bridgehead atoms. The van der Waals surface area contributed by atoms with E-state index in [0.717, 1.165) is 60.8 Å². The number of thiophene rings is 1. The number of hydrogen-bond acceptors (Lipinski definition) is 6. The van der Waals surface area contributed by atoms with Crippen molar-refractivity contribution in [3.05, 3.63) is 16.8 Å². The van der Waals surface area contributed by atoms with Gasteiger partial charge in [-0.1, -0.05) is 0 Å². The maximum Gasteiger partial charge on any atom is 0.404 e. The molecule has 0 unspecified atom stereocenters. The number of anilines is 1. The summed E-state index contributed by atoms with van der Waals surface area (Å²) in [4.78, 5) is 33.1. The number of fused-ring (bicyclic) bond motifs is 3. The molecule has 0 saturated heterocycles. The molecule has 1 amide bonds. The summed E-state index contributed by atoms with van der Waals surface area (Å²) in [6.45, 7) is 0. The van der Waals surface area contributed by atoms with Crippen molar-refractivity contribution in [1.29, 1.82) is 0 Å². The Hall–Kier alpha value is -2.22. The van der Waals surface area contributed by atoms with Crippen LogP contribution in [0.15, 0.2) is 6.33 Å². The van der Waals surface area contributed by atoms with E-state index in [4.69, 9.17) is 5.11 Å². The van der Waals surface area contributed by atoms with E-state index in [1.54, 1.807) is 17.7 Å². The molecule has 2 aromatic heterocycles. The van der Waals surface area contributed by atoms with Crippen LogP contribution in [0.4, 0.5) is 10.6 Å². The number of rotatable bonds is 5. The average molecular weight is 374 g/mol. The number of amides is 1. The van der Waals surface area contributed by atoms with Crippen LogP contribution in [0, 0.1) is 0 Å². The lowest BCUT2D eigenvalue weighted by Crippen LogP contribution is -2.39. The van der Waals surface area contributed by atoms with Crippen molar-refractivity contribution in [3.8, 4) is 0 Å². The Labute approximate surface area is 155 Å². The van der Waals surface area contributed by atoms with Gasteiger partial charge in [0.2, 0.25) is 0 Å². The minimum Gasteiger partial charge on any atom is -0.465 e. The third kappa shape index (κ3) is 3.25. The van der Waals surface area contributed by atoms with Crippen LogP contribution in [-0.4, -0.2) is 39.5 Å². The van der Waals surface area contributed by atoms with Crippen LogP contribution in [0.3, 0.4) is 0 Å². The SMILES string of the molecule is O=CC[C@H]1CCc2sc3ncnc(NC4CCC(NC(=O)O)CC4)c3c21. The first-order valence-corrected chi connectivity index (χ1v) is 9.93. The first-order chi connectivity index (χ1) is 12.7. The second-order valence-electron chi connectivity index (χ2n) is 7.12. The number of carbonyl (C=O) groups excluding carboxylic acids is 1. The molecule has 0 aromatic carbocycles. The third-order valence-electron chi connectivity index (χ3n) is 5.51. The van der Waals surface area contributed by atoms with Crippen molar-refractivity contribution < 1.29 is 14.7 Å². The molecule has 2 aliphatic carbocycles. The van der Waals surface area contributed by atoms with E-state index >= 15 is 0 Å². The van der Waals surface area contributed by atoms with Gasteiger partial charge in [0.25, 0.3) is 0 Å². The van der Waals surface area contributed by atoms with Gasteiger partial charge in [0.05, 0.1) is 5.39 Å². The quantitative estimate of drug-likeness (QED) is 0.694. The average Bonchev–Trinajstić information content (AvgIpc) is 3.17. The Kier molecular flexibility index (Phi) is 4.76. The van der Waals surface area contributed by atoms with E-state index < -0.39 is 6.09 Å². The third-order valence-corrected chi connectivity index (χ3v) is 6.68. The molecule has 8 heteroatoms. The number of carbonyl (C=O) groups is 2. The van der Waals surface area contributed by atoms with Gasteiger partial charge in [-0.15, -0.1) is 11.3 Å². The fraction of sp³-hybridized carbons (Fsp3) is 0.556. The number of aromatic nitrogens is 2. The van der Waals surface area contributed by atoms with E-state index in [1.165, 1.54) is 10.4 Å². The molecule has 2 aromatic rings. The summed E-state index contributed by atoms with van der Waals surface area (Å²) in [5, 5.41) is 16.1. The molecule has 2 heterocycles. The van der Waals surface area contributed by atoms with Gasteiger partial charge >= 0.3 is 6.09 Å². The highest BCUT2D eigenvalue weighted by Gasteiger charge is 2.30. The zero-order valence-electron chi connectivity index (χ0n) is 14.4. The normalized spacial score (nSPS) is 25.0. The number of nitrogens with zero attached hydrogens (tertiary/aromatic N) is 2. The van der Waals surface area contributed by atoms with Crippen LogP contribution in [-0.2, 0) is 11.2 Å². The van der Waals surface area contributed by atoms with Gasteiger partial charge in [-0.2, -0.15) is 0 Å². The van der Waals surface area contributed by atoms with Crippen molar-refractivity contribution in [2.75, 3.05) is 5.32 Å². The van der Waals surface area contributed by atoms with Crippen LogP contribution in [0.25, 0.3) is 10.2 Å². The van der Waals surface area contributed by atoms with Gasteiger partial charge in [-0.3, -0.25) is 0 Å². The molecule has 0 aliphatic heterocycles. The van der Waals surface area contributed by atoms with Gasteiger partial charge in [0, 0.05) is 23.4 Å². The van der Waals surface area contributed by atoms with E-state index in [2.05, 4.69) is 20.6 Å². The summed E-state index contributed by atoms with van der Waals surface area (Å²) in [5.41, 5.74) is 1.27. The molecule has 3 N–H and O–H groups in total. The van der Waals surface area contributed by atoms with Crippen LogP contribution < -0.4 is 10.6 Å². The molecule has 0 spiro atoms. The molecule has 4 rings (SSSR count). The highest BCUT2D eigenvalue weighted by molar-refractivity contribution is 7.19. The van der Waals surface area contributed by atoms with E-state index in [9.17, 15) is 9.59 Å². The highest BCUT2D eigenvalue weighted by atomic mass is 32.1. The second-order valence-corrected chi connectivity index (χ2v) is 8.21. The van der Waals surface area contributed by atoms with Crippen molar-refractivity contribution in [3.63, 3.8) is 0 Å². The lowest BCUT2D eigenvalue weighted by molar-refractivity contribution is -0.108. The summed E-state index contributed by atoms with van der Waals surface area (Å²) >= 11 is 1.72. The Bertz CT molecular complexity index is 829. The summed E-state index contributed by atoms with van der Waals surface area (Å²) < 4.78 is 0. The lowest BCUT2D eigenvalue weighted by atomic mass is 9.91. The van der Waals surface area contributed by atoms with Gasteiger partial charge in [-0.25, -0.2) is 14.8 Å². The fourth-order valence-electron chi connectivity index (χ4n) is 4.28. The van der Waals surface area contributed by atoms with E-state index in [1.807, 2.05) is 0 Å². The fourth-order valence-corrected chi connectivity index (χ4v) is 5.52. The molecular weight excluding hydrogens is 352 g/mol. The maximum atomic E-state index is 11.0. The van der Waals surface area contributed by atoms with Crippen LogP contribution in [0.2, 0.25) is 0 Å². The first-order valence-electron chi connectivity index (χ1n) is 9.11. The summed E-state index contributed by atoms with van der Waals surface area (Å²) in [7, 11) is 0. The Morgan fingerprint density at radius 3 is 2.73 bits per heavy atom. The second kappa shape index (κ2) is 7.19. The van der Waals surface area contributed by atoms with E-state index in [0.29, 0.717) is 6.42 Å². The van der Waals surface area contributed by atoms with Gasteiger partial charge < -0.3 is 20.5 Å². The molecule has 26 heavy (non-hydrogen) atoms. The lowest BCUT2D eigenvalue weighted by Gasteiger charge is -2.29. The maximum absolute atomic E-state index is 11.0. The van der Waals surface area contributed by atoms with Crippen molar-refractivity contribution in [2.24, 2.45) is 0 Å². The van der Waals surface area contributed by atoms with Crippen LogP contribution in [0.1, 0.15) is 54.9 Å². The minimum atomic E-state index is -0.950. The standard InChI is InChI=1S/C18H22N4O3S/c23-8-7-10-1-6-13-14(10)15-16(19-9-20-17(15)26-13)21-11-2-4-12(5-3-11)22-18(24)25/h8-12,22H,1-7H2,(H,24,25)(H,19,20,21)/t10-,11?,12?/m1/s1. The number of hydrogen-bond donors (Lipinski definition) is 3. The van der Waals surface area contributed by atoms with Crippen molar-refractivity contribution in [1.82, 2.24) is 15.3 Å². The number of nitrogens with one attached hydrogen (secondary N) is 2. The Morgan fingerprint density at radius 2 is 2.00 bits per heavy atom. The minimum absolute atomic E-state index is 0.0401. The molecule has 1 atom stereocenters. The molecule has 1 fully saturated rings. The molecule has 138 valence electrons.